The molecule has 0 radical (unpaired) electrons. The summed E-state index contributed by atoms with van der Waals surface area (Å²) >= 11 is 0. The topological polar surface area (TPSA) is 16.4 Å². The molecule has 0 unspecified atom stereocenters. The van der Waals surface area contributed by atoms with Crippen LogP contribution < -0.4 is 4.90 Å². The summed E-state index contributed by atoms with van der Waals surface area (Å²) in [6, 6.07) is 63.5. The summed E-state index contributed by atoms with van der Waals surface area (Å²) in [6.07, 6.45) is 0. The Kier molecular flexibility index (Phi) is 6.56. The van der Waals surface area contributed by atoms with E-state index in [-0.39, 0.29) is 5.41 Å². The molecule has 0 saturated carbocycles. The lowest BCUT2D eigenvalue weighted by Crippen LogP contribution is -2.17. The molecule has 51 heavy (non-hydrogen) atoms. The van der Waals surface area contributed by atoms with Crippen molar-refractivity contribution in [3.63, 3.8) is 0 Å². The normalized spacial score (nSPS) is 13.1. The lowest BCUT2D eigenvalue weighted by Gasteiger charge is -2.33. The van der Waals surface area contributed by atoms with E-state index in [1.165, 1.54) is 49.8 Å². The maximum atomic E-state index is 6.46. The Labute approximate surface area is 297 Å². The van der Waals surface area contributed by atoms with E-state index in [1.807, 2.05) is 12.1 Å². The summed E-state index contributed by atoms with van der Waals surface area (Å²) in [5, 5.41) is 4.83. The van der Waals surface area contributed by atoms with Crippen LogP contribution in [-0.2, 0) is 5.41 Å². The summed E-state index contributed by atoms with van der Waals surface area (Å²) in [4.78, 5) is 2.47. The van der Waals surface area contributed by atoms with Gasteiger partial charge in [-0.1, -0.05) is 159 Å². The lowest BCUT2D eigenvalue weighted by molar-refractivity contribution is 0.666. The van der Waals surface area contributed by atoms with Gasteiger partial charge >= 0.3 is 0 Å². The Bertz CT molecular complexity index is 2720. The zero-order valence-electron chi connectivity index (χ0n) is 28.6. The third kappa shape index (κ3) is 4.43. The highest BCUT2D eigenvalue weighted by Gasteiger charge is 2.41. The van der Waals surface area contributed by atoms with E-state index in [4.69, 9.17) is 4.42 Å². The van der Waals surface area contributed by atoms with E-state index in [9.17, 15) is 0 Å². The van der Waals surface area contributed by atoms with Crippen LogP contribution in [0.1, 0.15) is 25.0 Å². The van der Waals surface area contributed by atoms with Crippen molar-refractivity contribution in [3.8, 4) is 33.4 Å². The number of benzene rings is 8. The van der Waals surface area contributed by atoms with Crippen LogP contribution in [0.5, 0.6) is 0 Å². The zero-order valence-corrected chi connectivity index (χ0v) is 28.6. The number of anilines is 3. The van der Waals surface area contributed by atoms with Gasteiger partial charge in [0, 0.05) is 44.3 Å². The van der Waals surface area contributed by atoms with Gasteiger partial charge in [0.25, 0.3) is 0 Å². The molecule has 0 aliphatic heterocycles. The molecule has 10 rings (SSSR count). The molecule has 242 valence electrons. The van der Waals surface area contributed by atoms with E-state index in [0.717, 1.165) is 44.4 Å². The molecule has 0 spiro atoms. The maximum absolute atomic E-state index is 6.46. The molecular weight excluding hydrogens is 619 g/mol. The highest BCUT2D eigenvalue weighted by molar-refractivity contribution is 6.16. The predicted octanol–water partition coefficient (Wildman–Crippen LogP) is 13.8. The highest BCUT2D eigenvalue weighted by Crippen LogP contribution is 2.60. The van der Waals surface area contributed by atoms with Crippen LogP contribution in [-0.4, -0.2) is 0 Å². The van der Waals surface area contributed by atoms with Crippen LogP contribution in [0.25, 0.3) is 66.1 Å². The Morgan fingerprint density at radius 2 is 0.980 bits per heavy atom. The minimum absolute atomic E-state index is 0.188. The quantitative estimate of drug-likeness (QED) is 0.184. The van der Waals surface area contributed by atoms with Crippen molar-refractivity contribution >= 4 is 49.8 Å². The summed E-state index contributed by atoms with van der Waals surface area (Å²) in [6.45, 7) is 4.77. The molecular formula is C49H35NO. The molecule has 9 aromatic rings. The molecule has 0 N–H and O–H groups in total. The van der Waals surface area contributed by atoms with Crippen LogP contribution in [0.4, 0.5) is 17.1 Å². The average Bonchev–Trinajstić information content (AvgIpc) is 3.68. The van der Waals surface area contributed by atoms with Crippen molar-refractivity contribution < 1.29 is 4.42 Å². The second-order valence-corrected chi connectivity index (χ2v) is 14.1. The fourth-order valence-electron chi connectivity index (χ4n) is 8.59. The van der Waals surface area contributed by atoms with Gasteiger partial charge in [-0.25, -0.2) is 0 Å². The van der Waals surface area contributed by atoms with Crippen molar-refractivity contribution in [2.24, 2.45) is 0 Å². The largest absolute Gasteiger partial charge is 0.455 e. The Morgan fingerprint density at radius 3 is 1.71 bits per heavy atom. The molecule has 2 nitrogen and oxygen atoms in total. The molecule has 1 aromatic heterocycles. The first-order valence-corrected chi connectivity index (χ1v) is 17.7. The standard InChI is InChI=1S/C49H35NO/c1-49(2)42-26-13-11-23-41(42)45-46(49)39-22-10-9-21-38(39)44(47(45)50(34-16-5-3-6-17-34)35-18-7-4-8-19-35)33-30-28-32(29-31-33)36-24-15-25-40-37-20-12-14-27-43(37)51-48(36)40/h3-31H,1-2H3. The second-order valence-electron chi connectivity index (χ2n) is 14.1. The van der Waals surface area contributed by atoms with E-state index in [0.29, 0.717) is 0 Å². The number of fused-ring (bicyclic) bond motifs is 8. The first-order valence-electron chi connectivity index (χ1n) is 17.7. The molecule has 0 fully saturated rings. The molecule has 2 heteroatoms. The van der Waals surface area contributed by atoms with Crippen LogP contribution in [0.15, 0.2) is 180 Å². The fraction of sp³-hybridized carbons (Fsp3) is 0.0612. The van der Waals surface area contributed by atoms with Crippen LogP contribution in [0.2, 0.25) is 0 Å². The summed E-state index contributed by atoms with van der Waals surface area (Å²) < 4.78 is 6.46. The van der Waals surface area contributed by atoms with E-state index >= 15 is 0 Å². The van der Waals surface area contributed by atoms with Gasteiger partial charge in [-0.3, -0.25) is 0 Å². The molecule has 0 atom stereocenters. The van der Waals surface area contributed by atoms with Gasteiger partial charge < -0.3 is 9.32 Å². The SMILES string of the molecule is CC1(C)c2ccccc2-c2c(N(c3ccccc3)c3ccccc3)c(-c3ccc(-c4cccc5c4oc4ccccc45)cc3)c3ccccc3c21. The number of furan rings is 1. The van der Waals surface area contributed by atoms with E-state index in [2.05, 4.69) is 183 Å². The predicted molar refractivity (Wildman–Crippen MR) is 214 cm³/mol. The third-order valence-corrected chi connectivity index (χ3v) is 10.8. The van der Waals surface area contributed by atoms with Crippen LogP contribution in [0, 0.1) is 0 Å². The van der Waals surface area contributed by atoms with Crippen LogP contribution >= 0.6 is 0 Å². The summed E-state index contributed by atoms with van der Waals surface area (Å²) in [5.41, 5.74) is 15.0. The molecule has 8 aromatic carbocycles. The Morgan fingerprint density at radius 1 is 0.431 bits per heavy atom. The van der Waals surface area contributed by atoms with Gasteiger partial charge in [0.1, 0.15) is 11.2 Å². The zero-order chi connectivity index (χ0) is 34.1. The fourth-order valence-corrected chi connectivity index (χ4v) is 8.59. The second kappa shape index (κ2) is 11.3. The van der Waals surface area contributed by atoms with Crippen molar-refractivity contribution in [1.29, 1.82) is 0 Å². The van der Waals surface area contributed by atoms with Gasteiger partial charge in [0.2, 0.25) is 0 Å². The van der Waals surface area contributed by atoms with Gasteiger partial charge in [-0.15, -0.1) is 0 Å². The lowest BCUT2D eigenvalue weighted by atomic mass is 9.78. The molecule has 1 heterocycles. The number of hydrogen-bond acceptors (Lipinski definition) is 2. The van der Waals surface area contributed by atoms with E-state index in [1.54, 1.807) is 0 Å². The average molecular weight is 654 g/mol. The summed E-state index contributed by atoms with van der Waals surface area (Å²) in [7, 11) is 0. The number of para-hydroxylation sites is 4. The monoisotopic (exact) mass is 653 g/mol. The Hall–Kier alpha value is -6.38. The van der Waals surface area contributed by atoms with Crippen molar-refractivity contribution in [1.82, 2.24) is 0 Å². The van der Waals surface area contributed by atoms with E-state index < -0.39 is 0 Å². The highest BCUT2D eigenvalue weighted by atomic mass is 16.3. The smallest absolute Gasteiger partial charge is 0.143 e. The Balaban J connectivity index is 1.29. The minimum Gasteiger partial charge on any atom is -0.455 e. The number of hydrogen-bond donors (Lipinski definition) is 0. The number of rotatable bonds is 5. The van der Waals surface area contributed by atoms with Gasteiger partial charge in [0.15, 0.2) is 0 Å². The molecule has 0 bridgehead atoms. The first kappa shape index (κ1) is 29.5. The third-order valence-electron chi connectivity index (χ3n) is 10.8. The summed E-state index contributed by atoms with van der Waals surface area (Å²) in [5.74, 6) is 0. The van der Waals surface area contributed by atoms with Gasteiger partial charge in [-0.2, -0.15) is 0 Å². The maximum Gasteiger partial charge on any atom is 0.143 e. The van der Waals surface area contributed by atoms with Crippen molar-refractivity contribution in [3.05, 3.63) is 187 Å². The van der Waals surface area contributed by atoms with Crippen LogP contribution in [0.3, 0.4) is 0 Å². The molecule has 0 amide bonds. The molecule has 1 aliphatic rings. The molecule has 0 saturated heterocycles. The number of nitrogens with zero attached hydrogens (tertiary/aromatic N) is 1. The minimum atomic E-state index is -0.188. The van der Waals surface area contributed by atoms with Crippen molar-refractivity contribution in [2.45, 2.75) is 19.3 Å². The molecule has 1 aliphatic carbocycles. The van der Waals surface area contributed by atoms with Gasteiger partial charge in [0.05, 0.1) is 5.69 Å². The van der Waals surface area contributed by atoms with Crippen molar-refractivity contribution in [2.75, 3.05) is 4.90 Å². The first-order chi connectivity index (χ1) is 25.1. The van der Waals surface area contributed by atoms with Gasteiger partial charge in [-0.05, 0) is 68.9 Å².